The summed E-state index contributed by atoms with van der Waals surface area (Å²) in [6, 6.07) is 8.88. The largest absolute Gasteiger partial charge is 0.465 e. The topological polar surface area (TPSA) is 35.5 Å². The number of carbonyl (C=O) groups is 1. The molecule has 4 unspecified atom stereocenters. The fourth-order valence-electron chi connectivity index (χ4n) is 6.52. The van der Waals surface area contributed by atoms with Crippen LogP contribution in [-0.4, -0.2) is 25.3 Å². The van der Waals surface area contributed by atoms with Gasteiger partial charge in [0.15, 0.2) is 0 Å². The summed E-state index contributed by atoms with van der Waals surface area (Å²) in [6.07, 6.45) is 8.27. The van der Waals surface area contributed by atoms with Crippen molar-refractivity contribution < 1.29 is 14.3 Å². The Morgan fingerprint density at radius 1 is 1.00 bits per heavy atom. The number of fused-ring (bicyclic) bond motifs is 3. The van der Waals surface area contributed by atoms with Crippen LogP contribution in [0.5, 0.6) is 0 Å². The van der Waals surface area contributed by atoms with Gasteiger partial charge in [-0.15, -0.1) is 0 Å². The van der Waals surface area contributed by atoms with Gasteiger partial charge in [-0.3, -0.25) is 0 Å². The Labute approximate surface area is 164 Å². The molecule has 0 spiro atoms. The maximum Gasteiger partial charge on any atom is 0.337 e. The number of carbonyl (C=O) groups excluding carboxylic acids is 1. The van der Waals surface area contributed by atoms with E-state index in [2.05, 4.69) is 32.4 Å². The van der Waals surface area contributed by atoms with Gasteiger partial charge in [0, 0.05) is 6.61 Å². The van der Waals surface area contributed by atoms with Gasteiger partial charge >= 0.3 is 5.97 Å². The zero-order chi connectivity index (χ0) is 19.7. The van der Waals surface area contributed by atoms with Gasteiger partial charge in [0.2, 0.25) is 0 Å². The van der Waals surface area contributed by atoms with Crippen LogP contribution in [0.15, 0.2) is 30.3 Å². The minimum absolute atomic E-state index is 0.207. The van der Waals surface area contributed by atoms with Crippen LogP contribution in [0.25, 0.3) is 0 Å². The molecule has 27 heavy (non-hydrogen) atoms. The molecule has 2 saturated carbocycles. The molecule has 1 aromatic rings. The van der Waals surface area contributed by atoms with Crippen LogP contribution < -0.4 is 0 Å². The van der Waals surface area contributed by atoms with Crippen molar-refractivity contribution in [2.45, 2.75) is 71.8 Å². The third kappa shape index (κ3) is 3.81. The first-order valence-electron chi connectivity index (χ1n) is 10.5. The summed E-state index contributed by atoms with van der Waals surface area (Å²) < 4.78 is 10.6. The predicted octanol–water partition coefficient (Wildman–Crippen LogP) is 5.88. The number of benzene rings is 1. The van der Waals surface area contributed by atoms with E-state index < -0.39 is 0 Å². The van der Waals surface area contributed by atoms with Gasteiger partial charge in [-0.25, -0.2) is 4.79 Å². The zero-order valence-corrected chi connectivity index (χ0v) is 17.7. The van der Waals surface area contributed by atoms with E-state index in [4.69, 9.17) is 4.74 Å². The minimum Gasteiger partial charge on any atom is -0.465 e. The Kier molecular flexibility index (Phi) is 5.72. The Hall–Kier alpha value is -1.35. The number of hydrogen-bond acceptors (Lipinski definition) is 3. The fourth-order valence-corrected chi connectivity index (χ4v) is 6.52. The number of ether oxygens (including phenoxy) is 2. The Morgan fingerprint density at radius 2 is 1.70 bits per heavy atom. The first-order valence-corrected chi connectivity index (χ1v) is 10.5. The highest BCUT2D eigenvalue weighted by molar-refractivity contribution is 5.89. The number of methoxy groups -OCH3 is 1. The zero-order valence-electron chi connectivity index (χ0n) is 17.7. The second-order valence-electron chi connectivity index (χ2n) is 9.80. The third-order valence-electron chi connectivity index (χ3n) is 7.77. The molecular weight excluding hydrogens is 336 g/mol. The van der Waals surface area contributed by atoms with Gasteiger partial charge in [0.25, 0.3) is 0 Å². The molecule has 4 atom stereocenters. The van der Waals surface area contributed by atoms with Crippen LogP contribution >= 0.6 is 0 Å². The third-order valence-corrected chi connectivity index (χ3v) is 7.77. The molecule has 3 heteroatoms. The standard InChI is InChI=1S/C16H28O.C8H8O2/c1-14(2)8-5-9-15(3)12(14)6-10-16(4)13(15)7-11-17-16;1-10-8(9)7-5-3-2-4-6-7/h12-13H,5-11H2,1-4H3;2-6H,1H3. The van der Waals surface area contributed by atoms with E-state index >= 15 is 0 Å². The molecular formula is C24H36O3. The van der Waals surface area contributed by atoms with Gasteiger partial charge in [-0.2, -0.15) is 0 Å². The quantitative estimate of drug-likeness (QED) is 0.577. The van der Waals surface area contributed by atoms with Crippen molar-refractivity contribution in [1.82, 2.24) is 0 Å². The maximum atomic E-state index is 10.8. The van der Waals surface area contributed by atoms with Crippen molar-refractivity contribution in [2.75, 3.05) is 13.7 Å². The highest BCUT2D eigenvalue weighted by atomic mass is 16.5. The van der Waals surface area contributed by atoms with Gasteiger partial charge < -0.3 is 9.47 Å². The van der Waals surface area contributed by atoms with Crippen molar-refractivity contribution >= 4 is 5.97 Å². The molecule has 1 saturated heterocycles. The van der Waals surface area contributed by atoms with Crippen LogP contribution in [-0.2, 0) is 9.47 Å². The number of esters is 1. The van der Waals surface area contributed by atoms with Gasteiger partial charge in [-0.1, -0.05) is 45.4 Å². The highest BCUT2D eigenvalue weighted by Gasteiger charge is 2.60. The molecule has 1 heterocycles. The summed E-state index contributed by atoms with van der Waals surface area (Å²) in [4.78, 5) is 10.8. The number of rotatable bonds is 1. The van der Waals surface area contributed by atoms with Crippen LogP contribution in [0.2, 0.25) is 0 Å². The smallest absolute Gasteiger partial charge is 0.337 e. The predicted molar refractivity (Wildman–Crippen MR) is 109 cm³/mol. The fraction of sp³-hybridized carbons (Fsp3) is 0.708. The normalized spacial score (nSPS) is 36.6. The SMILES string of the molecule is CC1(C)CCCC2(C)C1CCC1(C)OCCC12.COC(=O)c1ccccc1. The van der Waals surface area contributed by atoms with E-state index in [0.29, 0.717) is 16.4 Å². The van der Waals surface area contributed by atoms with Crippen LogP contribution in [0.1, 0.15) is 76.6 Å². The molecule has 0 radical (unpaired) electrons. The lowest BCUT2D eigenvalue weighted by molar-refractivity contribution is -0.147. The van der Waals surface area contributed by atoms with Crippen molar-refractivity contribution in [3.05, 3.63) is 35.9 Å². The summed E-state index contributed by atoms with van der Waals surface area (Å²) in [7, 11) is 1.37. The lowest BCUT2D eigenvalue weighted by Crippen LogP contribution is -2.55. The summed E-state index contributed by atoms with van der Waals surface area (Å²) in [5.41, 5.74) is 1.89. The van der Waals surface area contributed by atoms with Crippen LogP contribution in [0.3, 0.4) is 0 Å². The van der Waals surface area contributed by atoms with E-state index in [9.17, 15) is 4.79 Å². The Morgan fingerprint density at radius 3 is 2.37 bits per heavy atom. The molecule has 0 aromatic heterocycles. The molecule has 4 rings (SSSR count). The van der Waals surface area contributed by atoms with Gasteiger partial charge in [0.1, 0.15) is 0 Å². The molecule has 1 aromatic carbocycles. The molecule has 0 bridgehead atoms. The highest BCUT2D eigenvalue weighted by Crippen LogP contribution is 2.64. The summed E-state index contributed by atoms with van der Waals surface area (Å²) in [6.45, 7) is 11.0. The first-order chi connectivity index (χ1) is 12.7. The van der Waals surface area contributed by atoms with E-state index in [1.54, 1.807) is 24.3 Å². The van der Waals surface area contributed by atoms with Crippen LogP contribution in [0.4, 0.5) is 0 Å². The average molecular weight is 373 g/mol. The minimum atomic E-state index is -0.291. The van der Waals surface area contributed by atoms with Crippen molar-refractivity contribution in [3.63, 3.8) is 0 Å². The Balaban J connectivity index is 0.000000180. The first kappa shape index (κ1) is 20.4. The van der Waals surface area contributed by atoms with Crippen molar-refractivity contribution in [2.24, 2.45) is 22.7 Å². The summed E-state index contributed by atoms with van der Waals surface area (Å²) >= 11 is 0. The van der Waals surface area contributed by atoms with Gasteiger partial charge in [-0.05, 0) is 73.8 Å². The lowest BCUT2D eigenvalue weighted by atomic mass is 9.46. The Bertz CT molecular complexity index is 649. The average Bonchev–Trinajstić information content (AvgIpc) is 3.05. The molecule has 150 valence electrons. The van der Waals surface area contributed by atoms with Crippen molar-refractivity contribution in [3.8, 4) is 0 Å². The molecule has 3 aliphatic rings. The summed E-state index contributed by atoms with van der Waals surface area (Å²) in [5.74, 6) is 1.44. The molecule has 2 aliphatic carbocycles. The van der Waals surface area contributed by atoms with E-state index in [1.807, 2.05) is 6.07 Å². The monoisotopic (exact) mass is 372 g/mol. The second-order valence-corrected chi connectivity index (χ2v) is 9.80. The van der Waals surface area contributed by atoms with E-state index in [1.165, 1.54) is 45.6 Å². The molecule has 1 aliphatic heterocycles. The van der Waals surface area contributed by atoms with Crippen molar-refractivity contribution in [1.29, 1.82) is 0 Å². The summed E-state index contributed by atoms with van der Waals surface area (Å²) in [5, 5.41) is 0. The maximum absolute atomic E-state index is 10.8. The van der Waals surface area contributed by atoms with E-state index in [-0.39, 0.29) is 11.6 Å². The molecule has 3 nitrogen and oxygen atoms in total. The van der Waals surface area contributed by atoms with Crippen LogP contribution in [0, 0.1) is 22.7 Å². The van der Waals surface area contributed by atoms with E-state index in [0.717, 1.165) is 18.4 Å². The number of hydrogen-bond donors (Lipinski definition) is 0. The molecule has 0 amide bonds. The molecule has 0 N–H and O–H groups in total. The lowest BCUT2D eigenvalue weighted by Gasteiger charge is -2.60. The molecule has 3 fully saturated rings. The van der Waals surface area contributed by atoms with Gasteiger partial charge in [0.05, 0.1) is 18.3 Å². The second kappa shape index (κ2) is 7.58.